The van der Waals surface area contributed by atoms with E-state index in [0.29, 0.717) is 5.92 Å². The SMILES string of the molecule is CNc1nc(C(C)C)nc2c(C)nn(C)c12. The standard InChI is InChI=1S/C11H17N5/c1-6(2)10-13-8-7(3)15-16(5)9(8)11(12-4)14-10/h6H,1-5H3,(H,12,13,14). The first kappa shape index (κ1) is 10.9. The molecule has 0 saturated heterocycles. The molecule has 0 radical (unpaired) electrons. The molecule has 16 heavy (non-hydrogen) atoms. The van der Waals surface area contributed by atoms with Gasteiger partial charge in [-0.3, -0.25) is 4.68 Å². The van der Waals surface area contributed by atoms with Crippen molar-refractivity contribution in [3.63, 3.8) is 0 Å². The monoisotopic (exact) mass is 219 g/mol. The molecule has 0 saturated carbocycles. The zero-order chi connectivity index (χ0) is 11.9. The van der Waals surface area contributed by atoms with Gasteiger partial charge in [0, 0.05) is 20.0 Å². The maximum absolute atomic E-state index is 4.57. The Bertz CT molecular complexity index is 527. The number of fused-ring (bicyclic) bond motifs is 1. The summed E-state index contributed by atoms with van der Waals surface area (Å²) in [6, 6.07) is 0. The maximum Gasteiger partial charge on any atom is 0.155 e. The molecule has 5 heteroatoms. The highest BCUT2D eigenvalue weighted by atomic mass is 15.3. The highest BCUT2D eigenvalue weighted by molar-refractivity contribution is 5.87. The van der Waals surface area contributed by atoms with E-state index in [1.54, 1.807) is 0 Å². The third-order valence-electron chi connectivity index (χ3n) is 2.62. The van der Waals surface area contributed by atoms with Gasteiger partial charge in [0.25, 0.3) is 0 Å². The molecule has 2 aromatic rings. The van der Waals surface area contributed by atoms with Crippen molar-refractivity contribution >= 4 is 16.9 Å². The van der Waals surface area contributed by atoms with Crippen molar-refractivity contribution < 1.29 is 0 Å². The Balaban J connectivity index is 2.81. The van der Waals surface area contributed by atoms with Gasteiger partial charge in [0.1, 0.15) is 16.9 Å². The van der Waals surface area contributed by atoms with Crippen molar-refractivity contribution in [1.29, 1.82) is 0 Å². The van der Waals surface area contributed by atoms with E-state index in [9.17, 15) is 0 Å². The van der Waals surface area contributed by atoms with Crippen LogP contribution in [0, 0.1) is 6.92 Å². The molecule has 1 N–H and O–H groups in total. The third-order valence-corrected chi connectivity index (χ3v) is 2.62. The first-order chi connectivity index (χ1) is 7.54. The quantitative estimate of drug-likeness (QED) is 0.837. The van der Waals surface area contributed by atoms with Crippen LogP contribution in [0.25, 0.3) is 11.0 Å². The summed E-state index contributed by atoms with van der Waals surface area (Å²) < 4.78 is 1.82. The Morgan fingerprint density at radius 2 is 1.94 bits per heavy atom. The van der Waals surface area contributed by atoms with E-state index in [1.807, 2.05) is 25.7 Å². The van der Waals surface area contributed by atoms with Crippen LogP contribution in [0.4, 0.5) is 5.82 Å². The second-order valence-electron chi connectivity index (χ2n) is 4.24. The van der Waals surface area contributed by atoms with Gasteiger partial charge in [-0.2, -0.15) is 5.10 Å². The fourth-order valence-electron chi connectivity index (χ4n) is 1.79. The van der Waals surface area contributed by atoms with E-state index in [4.69, 9.17) is 0 Å². The zero-order valence-electron chi connectivity index (χ0n) is 10.4. The lowest BCUT2D eigenvalue weighted by molar-refractivity contribution is 0.773. The van der Waals surface area contributed by atoms with E-state index < -0.39 is 0 Å². The molecular formula is C11H17N5. The van der Waals surface area contributed by atoms with Crippen LogP contribution in [0.3, 0.4) is 0 Å². The van der Waals surface area contributed by atoms with Gasteiger partial charge in [-0.15, -0.1) is 0 Å². The first-order valence-electron chi connectivity index (χ1n) is 5.43. The Morgan fingerprint density at radius 3 is 2.50 bits per heavy atom. The summed E-state index contributed by atoms with van der Waals surface area (Å²) in [6.45, 7) is 6.15. The molecule has 2 aromatic heterocycles. The second-order valence-corrected chi connectivity index (χ2v) is 4.24. The highest BCUT2D eigenvalue weighted by Crippen LogP contribution is 2.24. The molecule has 0 unspecified atom stereocenters. The molecule has 0 spiro atoms. The number of aromatic nitrogens is 4. The number of rotatable bonds is 2. The van der Waals surface area contributed by atoms with E-state index in [-0.39, 0.29) is 0 Å². The van der Waals surface area contributed by atoms with Gasteiger partial charge in [-0.25, -0.2) is 9.97 Å². The second kappa shape index (κ2) is 3.73. The predicted octanol–water partition coefficient (Wildman–Crippen LogP) is 1.84. The van der Waals surface area contributed by atoms with E-state index in [2.05, 4.69) is 34.2 Å². The topological polar surface area (TPSA) is 55.6 Å². The molecule has 86 valence electrons. The van der Waals surface area contributed by atoms with Crippen LogP contribution in [0.5, 0.6) is 0 Å². The maximum atomic E-state index is 4.57. The van der Waals surface area contributed by atoms with Gasteiger partial charge < -0.3 is 5.32 Å². The molecule has 0 amide bonds. The summed E-state index contributed by atoms with van der Waals surface area (Å²) >= 11 is 0. The molecule has 0 aliphatic heterocycles. The van der Waals surface area contributed by atoms with E-state index >= 15 is 0 Å². The van der Waals surface area contributed by atoms with Gasteiger partial charge in [0.05, 0.1) is 5.69 Å². The van der Waals surface area contributed by atoms with Crippen molar-refractivity contribution in [2.75, 3.05) is 12.4 Å². The van der Waals surface area contributed by atoms with E-state index in [1.165, 1.54) is 0 Å². The predicted molar refractivity (Wildman–Crippen MR) is 64.7 cm³/mol. The average Bonchev–Trinajstić information content (AvgIpc) is 2.53. The van der Waals surface area contributed by atoms with Crippen molar-refractivity contribution in [3.8, 4) is 0 Å². The third kappa shape index (κ3) is 1.52. The van der Waals surface area contributed by atoms with Crippen molar-refractivity contribution in [2.24, 2.45) is 7.05 Å². The molecule has 0 fully saturated rings. The van der Waals surface area contributed by atoms with Gasteiger partial charge in [0.2, 0.25) is 0 Å². The van der Waals surface area contributed by atoms with Crippen LogP contribution in [-0.2, 0) is 7.05 Å². The Labute approximate surface area is 94.9 Å². The molecule has 0 aliphatic rings. The number of hydrogen-bond donors (Lipinski definition) is 1. The van der Waals surface area contributed by atoms with Crippen molar-refractivity contribution in [2.45, 2.75) is 26.7 Å². The number of anilines is 1. The van der Waals surface area contributed by atoms with Crippen LogP contribution in [0.1, 0.15) is 31.3 Å². The summed E-state index contributed by atoms with van der Waals surface area (Å²) in [5.74, 6) is 2.01. The Kier molecular flexibility index (Phi) is 2.53. The summed E-state index contributed by atoms with van der Waals surface area (Å²) in [4.78, 5) is 9.08. The number of hydrogen-bond acceptors (Lipinski definition) is 4. The molecule has 0 aromatic carbocycles. The molecule has 5 nitrogen and oxygen atoms in total. The molecule has 0 bridgehead atoms. The fraction of sp³-hybridized carbons (Fsp3) is 0.545. The van der Waals surface area contributed by atoms with Crippen molar-refractivity contribution in [1.82, 2.24) is 19.7 Å². The highest BCUT2D eigenvalue weighted by Gasteiger charge is 2.15. The summed E-state index contributed by atoms with van der Waals surface area (Å²) in [6.07, 6.45) is 0. The lowest BCUT2D eigenvalue weighted by Crippen LogP contribution is -2.04. The largest absolute Gasteiger partial charge is 0.371 e. The molecular weight excluding hydrogens is 202 g/mol. The molecule has 2 rings (SSSR count). The van der Waals surface area contributed by atoms with Gasteiger partial charge in [-0.05, 0) is 6.92 Å². The summed E-state index contributed by atoms with van der Waals surface area (Å²) in [7, 11) is 3.78. The zero-order valence-corrected chi connectivity index (χ0v) is 10.4. The van der Waals surface area contributed by atoms with Crippen molar-refractivity contribution in [3.05, 3.63) is 11.5 Å². The van der Waals surface area contributed by atoms with Crippen LogP contribution < -0.4 is 5.32 Å². The Hall–Kier alpha value is -1.65. The lowest BCUT2D eigenvalue weighted by atomic mass is 10.2. The number of nitrogens with one attached hydrogen (secondary N) is 1. The number of aryl methyl sites for hydroxylation is 2. The smallest absolute Gasteiger partial charge is 0.155 e. The molecule has 0 atom stereocenters. The minimum atomic E-state index is 0.316. The average molecular weight is 219 g/mol. The normalized spacial score (nSPS) is 11.4. The number of nitrogens with zero attached hydrogens (tertiary/aromatic N) is 4. The first-order valence-corrected chi connectivity index (χ1v) is 5.43. The van der Waals surface area contributed by atoms with Gasteiger partial charge in [-0.1, -0.05) is 13.8 Å². The van der Waals surface area contributed by atoms with Crippen LogP contribution >= 0.6 is 0 Å². The van der Waals surface area contributed by atoms with Crippen LogP contribution in [-0.4, -0.2) is 26.8 Å². The van der Waals surface area contributed by atoms with Crippen LogP contribution in [0.2, 0.25) is 0 Å². The molecule has 2 heterocycles. The van der Waals surface area contributed by atoms with Crippen LogP contribution in [0.15, 0.2) is 0 Å². The summed E-state index contributed by atoms with van der Waals surface area (Å²) in [5.41, 5.74) is 2.84. The fourth-order valence-corrected chi connectivity index (χ4v) is 1.79. The van der Waals surface area contributed by atoms with Gasteiger partial charge >= 0.3 is 0 Å². The summed E-state index contributed by atoms with van der Waals surface area (Å²) in [5, 5.41) is 7.48. The Morgan fingerprint density at radius 1 is 1.25 bits per heavy atom. The van der Waals surface area contributed by atoms with Gasteiger partial charge in [0.15, 0.2) is 5.82 Å². The van der Waals surface area contributed by atoms with E-state index in [0.717, 1.165) is 28.4 Å². The minimum Gasteiger partial charge on any atom is -0.371 e. The molecule has 0 aliphatic carbocycles. The lowest BCUT2D eigenvalue weighted by Gasteiger charge is -2.08. The minimum absolute atomic E-state index is 0.316.